The summed E-state index contributed by atoms with van der Waals surface area (Å²) in [4.78, 5) is 19.0. The lowest BCUT2D eigenvalue weighted by Crippen LogP contribution is -2.37. The lowest BCUT2D eigenvalue weighted by molar-refractivity contribution is -0.117. The molecule has 158 valence electrons. The number of methoxy groups -OCH3 is 1. The van der Waals surface area contributed by atoms with Crippen LogP contribution in [0.15, 0.2) is 53.5 Å². The SMILES string of the molecule is COc1ccc(CN2C(=NC(=O)Cc3ccc(C)cc3)S[C@@H]3CS(=O)(=O)C[C@H]32)cc1. The van der Waals surface area contributed by atoms with Crippen LogP contribution in [0.2, 0.25) is 0 Å². The summed E-state index contributed by atoms with van der Waals surface area (Å²) in [6.07, 6.45) is 0.231. The van der Waals surface area contributed by atoms with E-state index in [4.69, 9.17) is 4.74 Å². The van der Waals surface area contributed by atoms with Crippen LogP contribution in [0.1, 0.15) is 16.7 Å². The Morgan fingerprint density at radius 3 is 2.43 bits per heavy atom. The fourth-order valence-corrected chi connectivity index (χ4v) is 7.74. The Hall–Kier alpha value is -2.32. The third-order valence-electron chi connectivity index (χ3n) is 5.38. The van der Waals surface area contributed by atoms with Crippen molar-refractivity contribution in [2.75, 3.05) is 18.6 Å². The first-order valence-corrected chi connectivity index (χ1v) is 12.5. The van der Waals surface area contributed by atoms with Crippen molar-refractivity contribution in [1.29, 1.82) is 0 Å². The Morgan fingerprint density at radius 2 is 1.77 bits per heavy atom. The number of aliphatic imine (C=N–C) groups is 1. The van der Waals surface area contributed by atoms with Gasteiger partial charge in [-0.05, 0) is 30.2 Å². The molecule has 1 amide bonds. The molecule has 0 radical (unpaired) electrons. The number of amidine groups is 1. The third-order valence-corrected chi connectivity index (χ3v) is 8.63. The van der Waals surface area contributed by atoms with Gasteiger partial charge in [-0.2, -0.15) is 4.99 Å². The van der Waals surface area contributed by atoms with Gasteiger partial charge in [0, 0.05) is 11.8 Å². The van der Waals surface area contributed by atoms with Crippen LogP contribution >= 0.6 is 11.8 Å². The second-order valence-corrected chi connectivity index (χ2v) is 11.1. The van der Waals surface area contributed by atoms with Gasteiger partial charge in [-0.25, -0.2) is 8.42 Å². The van der Waals surface area contributed by atoms with E-state index in [1.54, 1.807) is 7.11 Å². The molecule has 0 N–H and O–H groups in total. The zero-order valence-corrected chi connectivity index (χ0v) is 18.6. The van der Waals surface area contributed by atoms with Gasteiger partial charge in [0.1, 0.15) is 5.75 Å². The first-order valence-electron chi connectivity index (χ1n) is 9.77. The van der Waals surface area contributed by atoms with E-state index < -0.39 is 9.84 Å². The molecule has 2 saturated heterocycles. The van der Waals surface area contributed by atoms with Crippen LogP contribution in [0.4, 0.5) is 0 Å². The number of ether oxygens (including phenoxy) is 1. The summed E-state index contributed by atoms with van der Waals surface area (Å²) in [6.45, 7) is 2.51. The molecule has 2 aliphatic heterocycles. The van der Waals surface area contributed by atoms with Crippen LogP contribution in [-0.2, 0) is 27.6 Å². The number of sulfone groups is 1. The molecule has 2 atom stereocenters. The van der Waals surface area contributed by atoms with E-state index >= 15 is 0 Å². The molecule has 2 aromatic carbocycles. The molecule has 0 unspecified atom stereocenters. The number of nitrogens with zero attached hydrogens (tertiary/aromatic N) is 2. The standard InChI is InChI=1S/C22H24N2O4S2/c1-15-3-5-16(6-4-15)11-21(25)23-22-24(12-17-7-9-18(28-2)10-8-17)19-13-30(26,27)14-20(19)29-22/h3-10,19-20H,11-14H2,1-2H3/t19-,20-/m1/s1. The highest BCUT2D eigenvalue weighted by atomic mass is 32.2. The predicted octanol–water partition coefficient (Wildman–Crippen LogP) is 2.84. The van der Waals surface area contributed by atoms with Crippen molar-refractivity contribution >= 4 is 32.7 Å². The summed E-state index contributed by atoms with van der Waals surface area (Å²) < 4.78 is 29.5. The maximum absolute atomic E-state index is 12.6. The quantitative estimate of drug-likeness (QED) is 0.706. The number of carbonyl (C=O) groups is 1. The zero-order chi connectivity index (χ0) is 21.3. The minimum absolute atomic E-state index is 0.0841. The average molecular weight is 445 g/mol. The zero-order valence-electron chi connectivity index (χ0n) is 16.9. The molecule has 2 aromatic rings. The molecule has 0 bridgehead atoms. The molecule has 4 rings (SSSR count). The highest BCUT2D eigenvalue weighted by Crippen LogP contribution is 2.39. The van der Waals surface area contributed by atoms with Crippen LogP contribution in [0.3, 0.4) is 0 Å². The Morgan fingerprint density at radius 1 is 1.10 bits per heavy atom. The molecule has 30 heavy (non-hydrogen) atoms. The van der Waals surface area contributed by atoms with E-state index in [2.05, 4.69) is 4.99 Å². The fraction of sp³-hybridized carbons (Fsp3) is 0.364. The summed E-state index contributed by atoms with van der Waals surface area (Å²) >= 11 is 1.41. The number of thioether (sulfide) groups is 1. The minimum atomic E-state index is -3.07. The first kappa shape index (κ1) is 20.9. The van der Waals surface area contributed by atoms with Gasteiger partial charge in [-0.15, -0.1) is 0 Å². The number of carbonyl (C=O) groups excluding carboxylic acids is 1. The second kappa shape index (κ2) is 8.43. The van der Waals surface area contributed by atoms with Gasteiger partial charge in [0.05, 0.1) is 31.1 Å². The maximum Gasteiger partial charge on any atom is 0.252 e. The highest BCUT2D eigenvalue weighted by Gasteiger charge is 2.48. The van der Waals surface area contributed by atoms with E-state index in [0.29, 0.717) is 11.7 Å². The minimum Gasteiger partial charge on any atom is -0.497 e. The van der Waals surface area contributed by atoms with Gasteiger partial charge in [0.15, 0.2) is 15.0 Å². The van der Waals surface area contributed by atoms with Crippen molar-refractivity contribution in [2.24, 2.45) is 4.99 Å². The normalized spacial score (nSPS) is 23.5. The summed E-state index contributed by atoms with van der Waals surface area (Å²) in [5, 5.41) is 0.534. The van der Waals surface area contributed by atoms with Crippen molar-refractivity contribution in [3.8, 4) is 5.75 Å². The van der Waals surface area contributed by atoms with Crippen molar-refractivity contribution in [3.63, 3.8) is 0 Å². The predicted molar refractivity (Wildman–Crippen MR) is 120 cm³/mol. The van der Waals surface area contributed by atoms with Gasteiger partial charge in [-0.3, -0.25) is 4.79 Å². The molecule has 2 heterocycles. The number of aryl methyl sites for hydroxylation is 1. The maximum atomic E-state index is 12.6. The third kappa shape index (κ3) is 4.70. The molecule has 8 heteroatoms. The van der Waals surface area contributed by atoms with E-state index in [1.165, 1.54) is 11.8 Å². The fourth-order valence-electron chi connectivity index (χ4n) is 3.77. The van der Waals surface area contributed by atoms with Crippen LogP contribution in [0, 0.1) is 6.92 Å². The van der Waals surface area contributed by atoms with Crippen molar-refractivity contribution in [3.05, 3.63) is 65.2 Å². The van der Waals surface area contributed by atoms with Crippen molar-refractivity contribution < 1.29 is 17.9 Å². The largest absolute Gasteiger partial charge is 0.497 e. The lowest BCUT2D eigenvalue weighted by Gasteiger charge is -2.24. The summed E-state index contributed by atoms with van der Waals surface area (Å²) in [7, 11) is -1.45. The lowest BCUT2D eigenvalue weighted by atomic mass is 10.1. The summed E-state index contributed by atoms with van der Waals surface area (Å²) in [5.41, 5.74) is 3.08. The average Bonchev–Trinajstić information content (AvgIpc) is 3.16. The molecule has 0 saturated carbocycles. The number of hydrogen-bond acceptors (Lipinski definition) is 5. The molecule has 0 spiro atoms. The summed E-state index contributed by atoms with van der Waals surface area (Å²) in [5.74, 6) is 0.778. The van der Waals surface area contributed by atoms with Crippen molar-refractivity contribution in [1.82, 2.24) is 4.90 Å². The molecule has 2 aliphatic rings. The molecule has 0 aliphatic carbocycles. The topological polar surface area (TPSA) is 76.0 Å². The van der Waals surface area contributed by atoms with Crippen LogP contribution in [-0.4, -0.2) is 54.3 Å². The van der Waals surface area contributed by atoms with Crippen molar-refractivity contribution in [2.45, 2.75) is 31.2 Å². The highest BCUT2D eigenvalue weighted by molar-refractivity contribution is 8.15. The van der Waals surface area contributed by atoms with E-state index in [-0.39, 0.29) is 35.1 Å². The smallest absolute Gasteiger partial charge is 0.252 e. The Labute approximate surface area is 181 Å². The Kier molecular flexibility index (Phi) is 5.88. The van der Waals surface area contributed by atoms with Gasteiger partial charge >= 0.3 is 0 Å². The number of rotatable bonds is 5. The number of fused-ring (bicyclic) bond motifs is 1. The van der Waals surface area contributed by atoms with Gasteiger partial charge in [0.25, 0.3) is 5.91 Å². The number of amides is 1. The molecule has 0 aromatic heterocycles. The van der Waals surface area contributed by atoms with E-state index in [9.17, 15) is 13.2 Å². The van der Waals surface area contributed by atoms with Gasteiger partial charge in [-0.1, -0.05) is 53.7 Å². The summed E-state index contributed by atoms with van der Waals surface area (Å²) in [6, 6.07) is 15.3. The molecule has 6 nitrogen and oxygen atoms in total. The molecular weight excluding hydrogens is 420 g/mol. The molecular formula is C22H24N2O4S2. The van der Waals surface area contributed by atoms with Crippen LogP contribution in [0.25, 0.3) is 0 Å². The number of benzene rings is 2. The molecule has 2 fully saturated rings. The van der Waals surface area contributed by atoms with Gasteiger partial charge < -0.3 is 9.64 Å². The second-order valence-electron chi connectivity index (χ2n) is 7.73. The number of hydrogen-bond donors (Lipinski definition) is 0. The van der Waals surface area contributed by atoms with Crippen LogP contribution in [0.5, 0.6) is 5.75 Å². The Bertz CT molecular complexity index is 1060. The Balaban J connectivity index is 1.55. The van der Waals surface area contributed by atoms with E-state index in [1.807, 2.05) is 60.4 Å². The first-order chi connectivity index (χ1) is 14.3. The van der Waals surface area contributed by atoms with Crippen LogP contribution < -0.4 is 4.74 Å². The monoisotopic (exact) mass is 444 g/mol. The van der Waals surface area contributed by atoms with E-state index in [0.717, 1.165) is 22.4 Å². The van der Waals surface area contributed by atoms with Gasteiger partial charge in [0.2, 0.25) is 0 Å².